The maximum atomic E-state index is 14.0. The lowest BCUT2D eigenvalue weighted by Gasteiger charge is -2.27. The van der Waals surface area contributed by atoms with Crippen LogP contribution in [0.5, 0.6) is 17.2 Å². The summed E-state index contributed by atoms with van der Waals surface area (Å²) in [5, 5.41) is 9.36. The number of imidazole rings is 1. The van der Waals surface area contributed by atoms with Crippen molar-refractivity contribution < 1.29 is 23.7 Å². The number of rotatable bonds is 6. The summed E-state index contributed by atoms with van der Waals surface area (Å²) in [6.07, 6.45) is 5.00. The summed E-state index contributed by atoms with van der Waals surface area (Å²) in [6.45, 7) is 0.501. The molecule has 176 valence electrons. The number of para-hydroxylation sites is 1. The van der Waals surface area contributed by atoms with Crippen LogP contribution < -0.4 is 15.2 Å². The maximum Gasteiger partial charge on any atom is 0.197 e. The molecule has 4 aromatic rings. The molecule has 1 aliphatic heterocycles. The van der Waals surface area contributed by atoms with Gasteiger partial charge in [-0.2, -0.15) is 0 Å². The molecule has 0 amide bonds. The van der Waals surface area contributed by atoms with Gasteiger partial charge in [-0.1, -0.05) is 6.07 Å². The minimum absolute atomic E-state index is 0.0209. The number of methoxy groups -OCH3 is 1. The molecule has 2 unspecified atom stereocenters. The average Bonchev–Trinajstić information content (AvgIpc) is 3.26. The maximum absolute atomic E-state index is 14.0. The third kappa shape index (κ3) is 4.04. The molecule has 0 spiro atoms. The summed E-state index contributed by atoms with van der Waals surface area (Å²) >= 11 is 0. The van der Waals surface area contributed by atoms with Crippen LogP contribution >= 0.6 is 0 Å². The number of benzene rings is 2. The van der Waals surface area contributed by atoms with Crippen LogP contribution in [0.1, 0.15) is 24.6 Å². The molecule has 2 aromatic heterocycles. The highest BCUT2D eigenvalue weighted by Gasteiger charge is 2.27. The Balaban J connectivity index is 1.47. The van der Waals surface area contributed by atoms with Crippen molar-refractivity contribution in [2.75, 3.05) is 26.1 Å². The summed E-state index contributed by atoms with van der Waals surface area (Å²) in [5.41, 5.74) is 8.52. The number of nitrogen functional groups attached to an aromatic ring is 1. The molecule has 3 N–H and O–H groups in total. The highest BCUT2D eigenvalue weighted by atomic mass is 19.1. The van der Waals surface area contributed by atoms with Gasteiger partial charge >= 0.3 is 0 Å². The quantitative estimate of drug-likeness (QED) is 0.441. The lowest BCUT2D eigenvalue weighted by Crippen LogP contribution is -2.28. The van der Waals surface area contributed by atoms with Gasteiger partial charge in [0.05, 0.1) is 26.4 Å². The van der Waals surface area contributed by atoms with E-state index in [1.54, 1.807) is 30.5 Å². The minimum atomic E-state index is -0.492. The van der Waals surface area contributed by atoms with Crippen molar-refractivity contribution in [3.63, 3.8) is 0 Å². The van der Waals surface area contributed by atoms with Gasteiger partial charge in [-0.05, 0) is 49.2 Å². The van der Waals surface area contributed by atoms with Gasteiger partial charge in [0, 0.05) is 23.9 Å². The molecule has 34 heavy (non-hydrogen) atoms. The smallest absolute Gasteiger partial charge is 0.197 e. The Morgan fingerprint density at radius 2 is 2.03 bits per heavy atom. The summed E-state index contributed by atoms with van der Waals surface area (Å²) < 4.78 is 32.7. The summed E-state index contributed by atoms with van der Waals surface area (Å²) in [6, 6.07) is 11.8. The molecule has 3 heterocycles. The predicted octanol–water partition coefficient (Wildman–Crippen LogP) is 4.17. The van der Waals surface area contributed by atoms with Gasteiger partial charge in [-0.3, -0.25) is 4.40 Å². The number of nitrogens with two attached hydrogens (primary N) is 1. The SMILES string of the molecule is COc1c(F)cccc1Oc1ccc(-c2nc(C3CCC(CO)OC3)n3ccnc(N)c23)cc1. The Hall–Kier alpha value is -3.69. The largest absolute Gasteiger partial charge is 0.490 e. The van der Waals surface area contributed by atoms with Gasteiger partial charge in [-0.25, -0.2) is 14.4 Å². The normalized spacial score (nSPS) is 18.2. The van der Waals surface area contributed by atoms with E-state index in [-0.39, 0.29) is 30.1 Å². The second kappa shape index (κ2) is 9.28. The highest BCUT2D eigenvalue weighted by Crippen LogP contribution is 2.37. The molecule has 0 saturated carbocycles. The zero-order chi connectivity index (χ0) is 23.7. The zero-order valence-electron chi connectivity index (χ0n) is 18.6. The third-order valence-corrected chi connectivity index (χ3v) is 6.04. The molecule has 2 atom stereocenters. The van der Waals surface area contributed by atoms with E-state index < -0.39 is 5.82 Å². The van der Waals surface area contributed by atoms with Crippen molar-refractivity contribution in [3.8, 4) is 28.5 Å². The fourth-order valence-corrected chi connectivity index (χ4v) is 4.31. The molecular formula is C25H25FN4O4. The number of hydrogen-bond donors (Lipinski definition) is 2. The molecule has 0 aliphatic carbocycles. The number of aliphatic hydroxyl groups excluding tert-OH is 1. The fraction of sp³-hybridized carbons (Fsp3) is 0.280. The number of fused-ring (bicyclic) bond motifs is 1. The van der Waals surface area contributed by atoms with Crippen LogP contribution in [-0.2, 0) is 4.74 Å². The van der Waals surface area contributed by atoms with Crippen LogP contribution in [0.3, 0.4) is 0 Å². The van der Waals surface area contributed by atoms with Crippen molar-refractivity contribution in [2.45, 2.75) is 24.9 Å². The minimum Gasteiger partial charge on any atom is -0.490 e. The van der Waals surface area contributed by atoms with Gasteiger partial charge < -0.3 is 25.1 Å². The molecule has 2 aromatic carbocycles. The lowest BCUT2D eigenvalue weighted by atomic mass is 9.98. The zero-order valence-corrected chi connectivity index (χ0v) is 18.6. The molecule has 0 radical (unpaired) electrons. The van der Waals surface area contributed by atoms with Crippen LogP contribution in [0.2, 0.25) is 0 Å². The summed E-state index contributed by atoms with van der Waals surface area (Å²) in [4.78, 5) is 9.19. The molecule has 9 heteroatoms. The molecule has 0 bridgehead atoms. The van der Waals surface area contributed by atoms with E-state index in [1.165, 1.54) is 13.2 Å². The van der Waals surface area contributed by atoms with E-state index in [9.17, 15) is 9.50 Å². The Bertz CT molecular complexity index is 1300. The topological polar surface area (TPSA) is 104 Å². The van der Waals surface area contributed by atoms with E-state index in [0.717, 1.165) is 29.7 Å². The highest BCUT2D eigenvalue weighted by molar-refractivity contribution is 5.85. The second-order valence-electron chi connectivity index (χ2n) is 8.16. The van der Waals surface area contributed by atoms with E-state index in [1.807, 2.05) is 22.7 Å². The molecule has 1 aliphatic rings. The van der Waals surface area contributed by atoms with E-state index in [4.69, 9.17) is 24.9 Å². The van der Waals surface area contributed by atoms with Crippen LogP contribution in [0.4, 0.5) is 10.2 Å². The van der Waals surface area contributed by atoms with Crippen LogP contribution in [0.15, 0.2) is 54.9 Å². The Morgan fingerprint density at radius 3 is 2.74 bits per heavy atom. The Kier molecular flexibility index (Phi) is 6.04. The number of aliphatic hydroxyl groups is 1. The first-order chi connectivity index (χ1) is 16.6. The van der Waals surface area contributed by atoms with Gasteiger partial charge in [0.25, 0.3) is 0 Å². The first-order valence-electron chi connectivity index (χ1n) is 11.0. The van der Waals surface area contributed by atoms with Gasteiger partial charge in [-0.15, -0.1) is 0 Å². The summed E-state index contributed by atoms with van der Waals surface area (Å²) in [7, 11) is 1.40. The van der Waals surface area contributed by atoms with Crippen molar-refractivity contribution in [3.05, 3.63) is 66.5 Å². The number of halogens is 1. The van der Waals surface area contributed by atoms with Crippen molar-refractivity contribution >= 4 is 11.3 Å². The fourth-order valence-electron chi connectivity index (χ4n) is 4.31. The number of anilines is 1. The Labute approximate surface area is 195 Å². The monoisotopic (exact) mass is 464 g/mol. The number of ether oxygens (including phenoxy) is 3. The van der Waals surface area contributed by atoms with Gasteiger partial charge in [0.2, 0.25) is 0 Å². The molecular weight excluding hydrogens is 439 g/mol. The number of hydrogen-bond acceptors (Lipinski definition) is 7. The van der Waals surface area contributed by atoms with Crippen molar-refractivity contribution in [1.29, 1.82) is 0 Å². The van der Waals surface area contributed by atoms with Crippen LogP contribution in [-0.4, -0.2) is 45.9 Å². The van der Waals surface area contributed by atoms with Crippen molar-refractivity contribution in [1.82, 2.24) is 14.4 Å². The molecule has 5 rings (SSSR count). The van der Waals surface area contributed by atoms with E-state index >= 15 is 0 Å². The van der Waals surface area contributed by atoms with E-state index in [0.29, 0.717) is 23.9 Å². The number of nitrogens with zero attached hydrogens (tertiary/aromatic N) is 3. The second-order valence-corrected chi connectivity index (χ2v) is 8.16. The van der Waals surface area contributed by atoms with Gasteiger partial charge in [0.1, 0.15) is 28.6 Å². The Morgan fingerprint density at radius 1 is 1.21 bits per heavy atom. The van der Waals surface area contributed by atoms with Crippen molar-refractivity contribution in [2.24, 2.45) is 0 Å². The average molecular weight is 464 g/mol. The number of aromatic nitrogens is 3. The third-order valence-electron chi connectivity index (χ3n) is 6.04. The van der Waals surface area contributed by atoms with E-state index in [2.05, 4.69) is 4.98 Å². The van der Waals surface area contributed by atoms with Crippen LogP contribution in [0, 0.1) is 5.82 Å². The van der Waals surface area contributed by atoms with Gasteiger partial charge in [0.15, 0.2) is 17.3 Å². The van der Waals surface area contributed by atoms with Crippen LogP contribution in [0.25, 0.3) is 16.8 Å². The first kappa shape index (κ1) is 22.1. The molecule has 1 saturated heterocycles. The standard InChI is InChI=1S/C25H25FN4O4/c1-32-23-19(26)3-2-4-20(23)34-17-8-5-15(6-9-17)21-22-24(27)28-11-12-30(22)25(29-21)16-7-10-18(13-31)33-14-16/h2-6,8-9,11-12,16,18,31H,7,10,13-14H2,1H3,(H2,27,28). The molecule has 1 fully saturated rings. The summed E-state index contributed by atoms with van der Waals surface area (Å²) in [5.74, 6) is 1.68. The lowest BCUT2D eigenvalue weighted by molar-refractivity contribution is -0.0282. The molecule has 8 nitrogen and oxygen atoms in total. The predicted molar refractivity (Wildman–Crippen MR) is 125 cm³/mol. The first-order valence-corrected chi connectivity index (χ1v) is 11.0.